The van der Waals surface area contributed by atoms with Gasteiger partial charge in [-0.25, -0.2) is 4.79 Å². The molecule has 4 bridgehead atoms. The molecule has 4 saturated carbocycles. The SMILES string of the molecule is CC(C)OC(=O)c1c(NC(=O)C23CC4CC(CC(C4)C2)C3)sc2c1CCCCC2. The molecule has 1 N–H and O–H groups in total. The molecule has 5 aliphatic rings. The minimum absolute atomic E-state index is 0.157. The number of amides is 1. The van der Waals surface area contributed by atoms with E-state index in [4.69, 9.17) is 4.74 Å². The van der Waals surface area contributed by atoms with Crippen molar-refractivity contribution in [2.75, 3.05) is 5.32 Å². The first-order chi connectivity index (χ1) is 13.9. The molecule has 158 valence electrons. The number of hydrogen-bond donors (Lipinski definition) is 1. The van der Waals surface area contributed by atoms with E-state index in [-0.39, 0.29) is 23.4 Å². The molecule has 1 amide bonds. The molecule has 1 aromatic rings. The predicted octanol–water partition coefficient (Wildman–Crippen LogP) is 5.74. The Bertz CT molecular complexity index is 789. The average molecular weight is 416 g/mol. The number of aryl methyl sites for hydroxylation is 1. The number of fused-ring (bicyclic) bond motifs is 1. The quantitative estimate of drug-likeness (QED) is 0.504. The largest absolute Gasteiger partial charge is 0.459 e. The Morgan fingerprint density at radius 2 is 1.62 bits per heavy atom. The third-order valence-electron chi connectivity index (χ3n) is 7.72. The van der Waals surface area contributed by atoms with Gasteiger partial charge in [0, 0.05) is 4.88 Å². The van der Waals surface area contributed by atoms with Gasteiger partial charge in [-0.2, -0.15) is 0 Å². The maximum atomic E-state index is 13.6. The van der Waals surface area contributed by atoms with E-state index >= 15 is 0 Å². The molecule has 0 saturated heterocycles. The predicted molar refractivity (Wildman–Crippen MR) is 115 cm³/mol. The first-order valence-corrected chi connectivity index (χ1v) is 12.4. The van der Waals surface area contributed by atoms with Crippen molar-refractivity contribution in [2.45, 2.75) is 90.6 Å². The van der Waals surface area contributed by atoms with Gasteiger partial charge in [0.25, 0.3) is 0 Å². The van der Waals surface area contributed by atoms with Crippen molar-refractivity contribution in [3.63, 3.8) is 0 Å². The molecule has 0 atom stereocenters. The molecule has 4 nitrogen and oxygen atoms in total. The molecule has 6 rings (SSSR count). The molecule has 1 heterocycles. The molecule has 0 radical (unpaired) electrons. The van der Waals surface area contributed by atoms with E-state index in [1.165, 1.54) is 30.6 Å². The zero-order valence-corrected chi connectivity index (χ0v) is 18.5. The van der Waals surface area contributed by atoms with Gasteiger partial charge in [-0.3, -0.25) is 4.79 Å². The summed E-state index contributed by atoms with van der Waals surface area (Å²) < 4.78 is 5.59. The molecule has 0 spiro atoms. The van der Waals surface area contributed by atoms with Crippen LogP contribution in [0.25, 0.3) is 0 Å². The van der Waals surface area contributed by atoms with Crippen LogP contribution in [0, 0.1) is 23.2 Å². The lowest BCUT2D eigenvalue weighted by Gasteiger charge is -2.55. The normalized spacial score (nSPS) is 32.7. The Labute approximate surface area is 177 Å². The van der Waals surface area contributed by atoms with Gasteiger partial charge in [-0.1, -0.05) is 6.42 Å². The summed E-state index contributed by atoms with van der Waals surface area (Å²) in [7, 11) is 0. The molecule has 0 unspecified atom stereocenters. The maximum absolute atomic E-state index is 13.6. The smallest absolute Gasteiger partial charge is 0.341 e. The van der Waals surface area contributed by atoms with Crippen molar-refractivity contribution in [3.8, 4) is 0 Å². The van der Waals surface area contributed by atoms with E-state index in [0.29, 0.717) is 5.56 Å². The number of thiophene rings is 1. The Morgan fingerprint density at radius 1 is 1.00 bits per heavy atom. The minimum Gasteiger partial charge on any atom is -0.459 e. The van der Waals surface area contributed by atoms with Crippen LogP contribution >= 0.6 is 11.3 Å². The minimum atomic E-state index is -0.264. The van der Waals surface area contributed by atoms with Crippen molar-refractivity contribution >= 4 is 28.2 Å². The number of rotatable bonds is 4. The molecular weight excluding hydrogens is 382 g/mol. The summed E-state index contributed by atoms with van der Waals surface area (Å²) in [5.41, 5.74) is 1.59. The van der Waals surface area contributed by atoms with E-state index in [2.05, 4.69) is 5.32 Å². The summed E-state index contributed by atoms with van der Waals surface area (Å²) in [5, 5.41) is 4.03. The second-order valence-corrected chi connectivity index (χ2v) is 11.5. The summed E-state index contributed by atoms with van der Waals surface area (Å²) in [4.78, 5) is 27.8. The number of carbonyl (C=O) groups excluding carboxylic acids is 2. The van der Waals surface area contributed by atoms with Crippen molar-refractivity contribution in [1.29, 1.82) is 0 Å². The highest BCUT2D eigenvalue weighted by atomic mass is 32.1. The zero-order chi connectivity index (χ0) is 20.2. The molecule has 0 aromatic carbocycles. The highest BCUT2D eigenvalue weighted by Crippen LogP contribution is 2.60. The summed E-state index contributed by atoms with van der Waals surface area (Å²) in [6, 6.07) is 0. The lowest BCUT2D eigenvalue weighted by molar-refractivity contribution is -0.140. The molecule has 5 aliphatic carbocycles. The number of hydrogen-bond acceptors (Lipinski definition) is 4. The van der Waals surface area contributed by atoms with E-state index in [1.807, 2.05) is 13.8 Å². The van der Waals surface area contributed by atoms with Gasteiger partial charge in [0.2, 0.25) is 5.91 Å². The third-order valence-corrected chi connectivity index (χ3v) is 8.92. The third kappa shape index (κ3) is 3.54. The fourth-order valence-corrected chi connectivity index (χ4v) is 8.22. The molecule has 5 heteroatoms. The van der Waals surface area contributed by atoms with E-state index in [1.54, 1.807) is 11.3 Å². The number of nitrogens with one attached hydrogen (secondary N) is 1. The van der Waals surface area contributed by atoms with E-state index in [9.17, 15) is 9.59 Å². The highest BCUT2D eigenvalue weighted by molar-refractivity contribution is 7.17. The molecule has 0 aliphatic heterocycles. The van der Waals surface area contributed by atoms with Gasteiger partial charge in [-0.15, -0.1) is 11.3 Å². The summed E-state index contributed by atoms with van der Waals surface area (Å²) in [5.74, 6) is 2.11. The first-order valence-electron chi connectivity index (χ1n) is 11.6. The van der Waals surface area contributed by atoms with E-state index in [0.717, 1.165) is 73.3 Å². The van der Waals surface area contributed by atoms with Crippen LogP contribution in [-0.4, -0.2) is 18.0 Å². The maximum Gasteiger partial charge on any atom is 0.341 e. The van der Waals surface area contributed by atoms with Crippen molar-refractivity contribution in [2.24, 2.45) is 23.2 Å². The van der Waals surface area contributed by atoms with Gasteiger partial charge in [-0.05, 0) is 101 Å². The lowest BCUT2D eigenvalue weighted by Crippen LogP contribution is -2.51. The van der Waals surface area contributed by atoms with Crippen LogP contribution in [0.1, 0.15) is 92.4 Å². The first kappa shape index (κ1) is 19.6. The van der Waals surface area contributed by atoms with Crippen molar-refractivity contribution in [3.05, 3.63) is 16.0 Å². The number of carbonyl (C=O) groups is 2. The van der Waals surface area contributed by atoms with Crippen LogP contribution in [0.3, 0.4) is 0 Å². The fraction of sp³-hybridized carbons (Fsp3) is 0.750. The Hall–Kier alpha value is -1.36. The molecule has 1 aromatic heterocycles. The Kier molecular flexibility index (Phi) is 5.00. The van der Waals surface area contributed by atoms with Crippen LogP contribution in [0.4, 0.5) is 5.00 Å². The van der Waals surface area contributed by atoms with Crippen molar-refractivity contribution < 1.29 is 14.3 Å². The van der Waals surface area contributed by atoms with Crippen LogP contribution in [0.2, 0.25) is 0 Å². The summed E-state index contributed by atoms with van der Waals surface area (Å²) >= 11 is 1.63. The van der Waals surface area contributed by atoms with Gasteiger partial charge < -0.3 is 10.1 Å². The summed E-state index contributed by atoms with van der Waals surface area (Å²) in [6.07, 6.45) is 12.3. The lowest BCUT2D eigenvalue weighted by atomic mass is 9.49. The number of esters is 1. The van der Waals surface area contributed by atoms with Gasteiger partial charge >= 0.3 is 5.97 Å². The van der Waals surface area contributed by atoms with E-state index < -0.39 is 0 Å². The number of anilines is 1. The molecule has 4 fully saturated rings. The number of ether oxygens (including phenoxy) is 1. The second kappa shape index (κ2) is 7.40. The fourth-order valence-electron chi connectivity index (χ4n) is 6.94. The van der Waals surface area contributed by atoms with Crippen molar-refractivity contribution in [1.82, 2.24) is 0 Å². The second-order valence-electron chi connectivity index (χ2n) is 10.4. The Balaban J connectivity index is 1.45. The van der Waals surface area contributed by atoms with Gasteiger partial charge in [0.1, 0.15) is 5.00 Å². The molecular formula is C24H33NO3S. The topological polar surface area (TPSA) is 55.4 Å². The van der Waals surface area contributed by atoms with Crippen LogP contribution in [0.5, 0.6) is 0 Å². The van der Waals surface area contributed by atoms with Gasteiger partial charge in [0.05, 0.1) is 17.1 Å². The standard InChI is InChI=1S/C24H33NO3S/c1-14(2)28-22(26)20-18-6-4-3-5-7-19(18)29-21(20)25-23(27)24-11-15-8-16(12-24)10-17(9-15)13-24/h14-17H,3-13H2,1-2H3,(H,25,27). The Morgan fingerprint density at radius 3 is 2.24 bits per heavy atom. The van der Waals surface area contributed by atoms with Crippen LogP contribution < -0.4 is 5.32 Å². The van der Waals surface area contributed by atoms with Crippen LogP contribution in [0.15, 0.2) is 0 Å². The monoisotopic (exact) mass is 415 g/mol. The highest BCUT2D eigenvalue weighted by Gasteiger charge is 2.54. The van der Waals surface area contributed by atoms with Gasteiger partial charge in [0.15, 0.2) is 0 Å². The zero-order valence-electron chi connectivity index (χ0n) is 17.7. The average Bonchev–Trinajstić information content (AvgIpc) is 2.81. The molecule has 29 heavy (non-hydrogen) atoms. The summed E-state index contributed by atoms with van der Waals surface area (Å²) in [6.45, 7) is 3.77. The van der Waals surface area contributed by atoms with Crippen LogP contribution in [-0.2, 0) is 22.4 Å².